The van der Waals surface area contributed by atoms with Crippen LogP contribution in [0.5, 0.6) is 11.5 Å². The van der Waals surface area contributed by atoms with E-state index in [2.05, 4.69) is 20.6 Å². The van der Waals surface area contributed by atoms with Gasteiger partial charge in [0.15, 0.2) is 11.5 Å². The van der Waals surface area contributed by atoms with Gasteiger partial charge in [-0.15, -0.1) is 0 Å². The van der Waals surface area contributed by atoms with Crippen molar-refractivity contribution in [2.75, 3.05) is 14.2 Å². The molecule has 3 aromatic rings. The molecule has 34 heavy (non-hydrogen) atoms. The fourth-order valence-corrected chi connectivity index (χ4v) is 3.47. The standard InChI is InChI=1S/C24H29N5O5/c1-5-15(2)22(23(31)26-12-16-6-8-25-9-7-16)28-21(30)13-29-14-27-18-11-20(34-4)19(33-3)10-17(18)24(29)32/h6-11,14-15,22H,5,12-13H2,1-4H3,(H,26,31)(H,28,30)/t15?,22-/m1/s1. The van der Waals surface area contributed by atoms with Gasteiger partial charge in [-0.05, 0) is 29.7 Å². The second-order valence-electron chi connectivity index (χ2n) is 7.91. The Kier molecular flexibility index (Phi) is 8.18. The van der Waals surface area contributed by atoms with Crippen LogP contribution in [0.2, 0.25) is 0 Å². The van der Waals surface area contributed by atoms with Gasteiger partial charge in [0.25, 0.3) is 5.56 Å². The van der Waals surface area contributed by atoms with Crippen LogP contribution in [0, 0.1) is 5.92 Å². The molecule has 0 saturated carbocycles. The molecule has 2 heterocycles. The average molecular weight is 468 g/mol. The molecule has 10 nitrogen and oxygen atoms in total. The fourth-order valence-electron chi connectivity index (χ4n) is 3.47. The Hall–Kier alpha value is -3.95. The molecule has 0 saturated heterocycles. The molecule has 2 aromatic heterocycles. The predicted molar refractivity (Wildman–Crippen MR) is 127 cm³/mol. The van der Waals surface area contributed by atoms with E-state index in [1.807, 2.05) is 13.8 Å². The molecule has 0 aliphatic heterocycles. The van der Waals surface area contributed by atoms with Crippen molar-refractivity contribution in [2.24, 2.45) is 5.92 Å². The minimum Gasteiger partial charge on any atom is -0.493 e. The lowest BCUT2D eigenvalue weighted by Gasteiger charge is -2.23. The van der Waals surface area contributed by atoms with E-state index < -0.39 is 17.5 Å². The molecule has 10 heteroatoms. The van der Waals surface area contributed by atoms with Gasteiger partial charge in [-0.3, -0.25) is 23.9 Å². The summed E-state index contributed by atoms with van der Waals surface area (Å²) < 4.78 is 11.7. The van der Waals surface area contributed by atoms with Gasteiger partial charge >= 0.3 is 0 Å². The summed E-state index contributed by atoms with van der Waals surface area (Å²) in [6.07, 6.45) is 5.29. The van der Waals surface area contributed by atoms with Gasteiger partial charge in [0, 0.05) is 25.0 Å². The first-order chi connectivity index (χ1) is 16.4. The maximum Gasteiger partial charge on any atom is 0.261 e. The van der Waals surface area contributed by atoms with E-state index >= 15 is 0 Å². The summed E-state index contributed by atoms with van der Waals surface area (Å²) in [4.78, 5) is 46.8. The topological polar surface area (TPSA) is 124 Å². The number of carbonyl (C=O) groups excluding carboxylic acids is 2. The van der Waals surface area contributed by atoms with Crippen molar-refractivity contribution in [3.05, 3.63) is 58.9 Å². The number of ether oxygens (including phenoxy) is 2. The zero-order valence-electron chi connectivity index (χ0n) is 19.7. The second-order valence-corrected chi connectivity index (χ2v) is 7.91. The minimum atomic E-state index is -0.743. The summed E-state index contributed by atoms with van der Waals surface area (Å²) in [5.41, 5.74) is 0.925. The smallest absolute Gasteiger partial charge is 0.261 e. The van der Waals surface area contributed by atoms with Crippen LogP contribution in [0.4, 0.5) is 0 Å². The Morgan fingerprint density at radius 2 is 1.79 bits per heavy atom. The molecule has 0 aliphatic rings. The number of methoxy groups -OCH3 is 2. The van der Waals surface area contributed by atoms with Gasteiger partial charge in [-0.25, -0.2) is 4.98 Å². The molecule has 1 aromatic carbocycles. The predicted octanol–water partition coefficient (Wildman–Crippen LogP) is 1.66. The van der Waals surface area contributed by atoms with Gasteiger partial charge in [0.05, 0.1) is 31.4 Å². The molecule has 2 amide bonds. The van der Waals surface area contributed by atoms with Crippen LogP contribution in [0.3, 0.4) is 0 Å². The van der Waals surface area contributed by atoms with Gasteiger partial charge < -0.3 is 20.1 Å². The minimum absolute atomic E-state index is 0.107. The molecule has 2 atom stereocenters. The Balaban J connectivity index is 1.75. The van der Waals surface area contributed by atoms with Gasteiger partial charge in [-0.2, -0.15) is 0 Å². The van der Waals surface area contributed by atoms with Crippen LogP contribution in [0.25, 0.3) is 10.9 Å². The van der Waals surface area contributed by atoms with E-state index in [1.54, 1.807) is 30.6 Å². The van der Waals surface area contributed by atoms with Crippen molar-refractivity contribution in [3.63, 3.8) is 0 Å². The van der Waals surface area contributed by atoms with E-state index in [0.717, 1.165) is 5.56 Å². The number of fused-ring (bicyclic) bond motifs is 1. The Labute approximate surface area is 197 Å². The van der Waals surface area contributed by atoms with Gasteiger partial charge in [0.1, 0.15) is 12.6 Å². The molecule has 0 fully saturated rings. The SMILES string of the molecule is CCC(C)[C@@H](NC(=O)Cn1cnc2cc(OC)c(OC)cc2c1=O)C(=O)NCc1ccncc1. The number of hydrogen-bond acceptors (Lipinski definition) is 7. The van der Waals surface area contributed by atoms with Crippen molar-refractivity contribution in [3.8, 4) is 11.5 Å². The quantitative estimate of drug-likeness (QED) is 0.465. The second kappa shape index (κ2) is 11.3. The largest absolute Gasteiger partial charge is 0.493 e. The van der Waals surface area contributed by atoms with Crippen molar-refractivity contribution in [1.82, 2.24) is 25.2 Å². The molecule has 1 unspecified atom stereocenters. The van der Waals surface area contributed by atoms with Crippen LogP contribution in [0.15, 0.2) is 47.8 Å². The number of benzene rings is 1. The molecular formula is C24H29N5O5. The first-order valence-electron chi connectivity index (χ1n) is 10.9. The number of aromatic nitrogens is 3. The monoisotopic (exact) mass is 467 g/mol. The summed E-state index contributed by atoms with van der Waals surface area (Å²) in [6.45, 7) is 3.88. The highest BCUT2D eigenvalue weighted by Gasteiger charge is 2.26. The highest BCUT2D eigenvalue weighted by Crippen LogP contribution is 2.29. The average Bonchev–Trinajstić information content (AvgIpc) is 2.87. The molecule has 2 N–H and O–H groups in total. The van der Waals surface area contributed by atoms with Crippen molar-refractivity contribution in [2.45, 2.75) is 39.4 Å². The van der Waals surface area contributed by atoms with E-state index in [-0.39, 0.29) is 18.4 Å². The third-order valence-corrected chi connectivity index (χ3v) is 5.67. The lowest BCUT2D eigenvalue weighted by atomic mass is 9.98. The molecule has 0 aliphatic carbocycles. The first kappa shape index (κ1) is 24.7. The number of amides is 2. The lowest BCUT2D eigenvalue weighted by Crippen LogP contribution is -2.51. The van der Waals surface area contributed by atoms with Crippen molar-refractivity contribution in [1.29, 1.82) is 0 Å². The molecule has 0 radical (unpaired) electrons. The summed E-state index contributed by atoms with van der Waals surface area (Å²) >= 11 is 0. The van der Waals surface area contributed by atoms with Crippen LogP contribution in [-0.2, 0) is 22.7 Å². The van der Waals surface area contributed by atoms with Crippen LogP contribution in [0.1, 0.15) is 25.8 Å². The number of hydrogen-bond donors (Lipinski definition) is 2. The van der Waals surface area contributed by atoms with E-state index in [1.165, 1.54) is 31.2 Å². The Morgan fingerprint density at radius 3 is 2.44 bits per heavy atom. The van der Waals surface area contributed by atoms with E-state index in [4.69, 9.17) is 9.47 Å². The van der Waals surface area contributed by atoms with E-state index in [9.17, 15) is 14.4 Å². The molecule has 0 bridgehead atoms. The van der Waals surface area contributed by atoms with Crippen LogP contribution < -0.4 is 25.7 Å². The summed E-state index contributed by atoms with van der Waals surface area (Å²) in [5, 5.41) is 5.92. The Bertz CT molecular complexity index is 1210. The third kappa shape index (κ3) is 5.69. The van der Waals surface area contributed by atoms with Crippen LogP contribution >= 0.6 is 0 Å². The van der Waals surface area contributed by atoms with Crippen LogP contribution in [-0.4, -0.2) is 46.6 Å². The number of nitrogens with one attached hydrogen (secondary N) is 2. The lowest BCUT2D eigenvalue weighted by molar-refractivity contribution is -0.130. The third-order valence-electron chi connectivity index (χ3n) is 5.67. The highest BCUT2D eigenvalue weighted by molar-refractivity contribution is 5.88. The first-order valence-corrected chi connectivity index (χ1v) is 10.9. The van der Waals surface area contributed by atoms with Crippen molar-refractivity contribution >= 4 is 22.7 Å². The van der Waals surface area contributed by atoms with E-state index in [0.29, 0.717) is 35.4 Å². The fraction of sp³-hybridized carbons (Fsp3) is 0.375. The number of rotatable bonds is 10. The Morgan fingerprint density at radius 1 is 1.12 bits per heavy atom. The molecule has 0 spiro atoms. The summed E-state index contributed by atoms with van der Waals surface area (Å²) in [5.74, 6) is -0.0247. The maximum atomic E-state index is 13.0. The molecule has 180 valence electrons. The zero-order valence-corrected chi connectivity index (χ0v) is 19.7. The number of carbonyl (C=O) groups is 2. The molecular weight excluding hydrogens is 438 g/mol. The van der Waals surface area contributed by atoms with Gasteiger partial charge in [0.2, 0.25) is 11.8 Å². The molecule has 3 rings (SSSR count). The highest BCUT2D eigenvalue weighted by atomic mass is 16.5. The number of nitrogens with zero attached hydrogens (tertiary/aromatic N) is 3. The van der Waals surface area contributed by atoms with Gasteiger partial charge in [-0.1, -0.05) is 20.3 Å². The maximum absolute atomic E-state index is 13.0. The normalized spacial score (nSPS) is 12.6. The number of pyridine rings is 1. The summed E-state index contributed by atoms with van der Waals surface area (Å²) in [7, 11) is 2.97. The summed E-state index contributed by atoms with van der Waals surface area (Å²) in [6, 6.07) is 6.01. The van der Waals surface area contributed by atoms with Crippen molar-refractivity contribution < 1.29 is 19.1 Å². The zero-order chi connectivity index (χ0) is 24.7.